The molecule has 4 nitrogen and oxygen atoms in total. The summed E-state index contributed by atoms with van der Waals surface area (Å²) in [5.41, 5.74) is 2.56. The second kappa shape index (κ2) is 3.52. The maximum atomic E-state index is 11.8. The molecule has 0 atom stereocenters. The molecule has 82 valence electrons. The van der Waals surface area contributed by atoms with Crippen LogP contribution in [0, 0.1) is 6.92 Å². The van der Waals surface area contributed by atoms with E-state index in [1.165, 1.54) is 0 Å². The van der Waals surface area contributed by atoms with Gasteiger partial charge in [-0.2, -0.15) is 11.8 Å². The number of H-pyrrole nitrogens is 1. The van der Waals surface area contributed by atoms with Gasteiger partial charge in [0.2, 0.25) is 0 Å². The largest absolute Gasteiger partial charge is 0.469 e. The summed E-state index contributed by atoms with van der Waals surface area (Å²) in [6, 6.07) is 1.82. The number of aromatic nitrogens is 2. The van der Waals surface area contributed by atoms with Gasteiger partial charge < -0.3 is 9.40 Å². The van der Waals surface area contributed by atoms with Gasteiger partial charge >= 0.3 is 0 Å². The lowest BCUT2D eigenvalue weighted by Gasteiger charge is -2.01. The summed E-state index contributed by atoms with van der Waals surface area (Å²) in [5, 5.41) is 0. The zero-order valence-corrected chi connectivity index (χ0v) is 9.56. The van der Waals surface area contributed by atoms with E-state index >= 15 is 0 Å². The molecule has 0 unspecified atom stereocenters. The van der Waals surface area contributed by atoms with Gasteiger partial charge in [-0.15, -0.1) is 0 Å². The molecule has 2 aromatic heterocycles. The maximum Gasteiger partial charge on any atom is 0.255 e. The number of fused-ring (bicyclic) bond motifs is 1. The van der Waals surface area contributed by atoms with Gasteiger partial charge in [-0.3, -0.25) is 4.79 Å². The van der Waals surface area contributed by atoms with Crippen LogP contribution < -0.4 is 5.56 Å². The van der Waals surface area contributed by atoms with Crippen molar-refractivity contribution in [2.24, 2.45) is 0 Å². The number of nitrogens with zero attached hydrogens (tertiary/aromatic N) is 1. The minimum absolute atomic E-state index is 0.0226. The number of aromatic amines is 1. The lowest BCUT2D eigenvalue weighted by molar-refractivity contribution is 0.535. The predicted molar refractivity (Wildman–Crippen MR) is 62.3 cm³/mol. The number of thioether (sulfide) groups is 1. The Balaban J connectivity index is 2.21. The molecule has 16 heavy (non-hydrogen) atoms. The summed E-state index contributed by atoms with van der Waals surface area (Å²) in [5.74, 6) is 2.97. The molecule has 0 bridgehead atoms. The fourth-order valence-electron chi connectivity index (χ4n) is 1.82. The molecule has 3 rings (SSSR count). The fraction of sp³-hybridized carbons (Fsp3) is 0.273. The Morgan fingerprint density at radius 2 is 2.38 bits per heavy atom. The van der Waals surface area contributed by atoms with Crippen molar-refractivity contribution in [3.8, 4) is 11.4 Å². The molecule has 1 aliphatic heterocycles. The van der Waals surface area contributed by atoms with Gasteiger partial charge in [-0.05, 0) is 13.0 Å². The number of hydrogen-bond acceptors (Lipinski definition) is 4. The van der Waals surface area contributed by atoms with Gasteiger partial charge in [-0.1, -0.05) is 0 Å². The van der Waals surface area contributed by atoms with E-state index in [1.54, 1.807) is 18.0 Å². The number of furan rings is 1. The van der Waals surface area contributed by atoms with E-state index in [1.807, 2.05) is 13.0 Å². The highest BCUT2D eigenvalue weighted by Gasteiger charge is 2.19. The number of aryl methyl sites for hydroxylation is 1. The van der Waals surface area contributed by atoms with Crippen molar-refractivity contribution in [3.05, 3.63) is 39.7 Å². The van der Waals surface area contributed by atoms with Crippen molar-refractivity contribution in [1.29, 1.82) is 0 Å². The van der Waals surface area contributed by atoms with Crippen LogP contribution in [0.25, 0.3) is 11.4 Å². The highest BCUT2D eigenvalue weighted by molar-refractivity contribution is 7.98. The highest BCUT2D eigenvalue weighted by Crippen LogP contribution is 2.27. The molecule has 0 saturated carbocycles. The summed E-state index contributed by atoms with van der Waals surface area (Å²) in [6.45, 7) is 1.86. The molecule has 0 radical (unpaired) electrons. The molecule has 0 saturated heterocycles. The van der Waals surface area contributed by atoms with Gasteiger partial charge in [0, 0.05) is 17.1 Å². The molecular weight excluding hydrogens is 224 g/mol. The van der Waals surface area contributed by atoms with E-state index < -0.39 is 0 Å². The second-order valence-electron chi connectivity index (χ2n) is 3.72. The molecule has 0 aromatic carbocycles. The lowest BCUT2D eigenvalue weighted by Crippen LogP contribution is -2.15. The van der Waals surface area contributed by atoms with E-state index in [0.717, 1.165) is 34.1 Å². The Morgan fingerprint density at radius 3 is 3.12 bits per heavy atom. The molecule has 0 spiro atoms. The fourth-order valence-corrected chi connectivity index (χ4v) is 2.86. The third-order valence-electron chi connectivity index (χ3n) is 2.70. The van der Waals surface area contributed by atoms with Crippen molar-refractivity contribution in [2.75, 3.05) is 0 Å². The van der Waals surface area contributed by atoms with Gasteiger partial charge in [-0.25, -0.2) is 4.98 Å². The first-order valence-electron chi connectivity index (χ1n) is 5.00. The highest BCUT2D eigenvalue weighted by atomic mass is 32.2. The van der Waals surface area contributed by atoms with Crippen molar-refractivity contribution >= 4 is 11.8 Å². The lowest BCUT2D eigenvalue weighted by atomic mass is 10.2. The quantitative estimate of drug-likeness (QED) is 0.820. The third-order valence-corrected chi connectivity index (χ3v) is 3.67. The minimum Gasteiger partial charge on any atom is -0.469 e. The van der Waals surface area contributed by atoms with E-state index in [4.69, 9.17) is 4.42 Å². The van der Waals surface area contributed by atoms with E-state index in [0.29, 0.717) is 5.82 Å². The number of rotatable bonds is 1. The Bertz CT molecular complexity index is 600. The SMILES string of the molecule is Cc1occc1-c1nc2c(c(=O)[nH]1)CSC2. The summed E-state index contributed by atoms with van der Waals surface area (Å²) in [7, 11) is 0. The van der Waals surface area contributed by atoms with Gasteiger partial charge in [0.1, 0.15) is 11.6 Å². The normalized spacial score (nSPS) is 14.1. The van der Waals surface area contributed by atoms with E-state index in [9.17, 15) is 4.79 Å². The Morgan fingerprint density at radius 1 is 1.50 bits per heavy atom. The van der Waals surface area contributed by atoms with E-state index in [2.05, 4.69) is 9.97 Å². The summed E-state index contributed by atoms with van der Waals surface area (Å²) in [6.07, 6.45) is 1.60. The average Bonchev–Trinajstić information content (AvgIpc) is 2.85. The van der Waals surface area contributed by atoms with Crippen LogP contribution >= 0.6 is 11.8 Å². The molecule has 0 aliphatic carbocycles. The predicted octanol–water partition coefficient (Wildman–Crippen LogP) is 2.09. The van der Waals surface area contributed by atoms with Crippen LogP contribution in [0.15, 0.2) is 21.5 Å². The molecule has 0 fully saturated rings. The first-order valence-corrected chi connectivity index (χ1v) is 6.15. The Labute approximate surface area is 96.1 Å². The molecule has 1 aliphatic rings. The molecule has 0 amide bonds. The zero-order chi connectivity index (χ0) is 11.1. The zero-order valence-electron chi connectivity index (χ0n) is 8.74. The van der Waals surface area contributed by atoms with Gasteiger partial charge in [0.25, 0.3) is 5.56 Å². The topological polar surface area (TPSA) is 58.9 Å². The third kappa shape index (κ3) is 1.39. The monoisotopic (exact) mass is 234 g/mol. The van der Waals surface area contributed by atoms with Crippen LogP contribution in [-0.4, -0.2) is 9.97 Å². The van der Waals surface area contributed by atoms with Gasteiger partial charge in [0.05, 0.1) is 17.5 Å². The van der Waals surface area contributed by atoms with Crippen LogP contribution in [0.2, 0.25) is 0 Å². The van der Waals surface area contributed by atoms with Crippen LogP contribution in [-0.2, 0) is 11.5 Å². The summed E-state index contributed by atoms with van der Waals surface area (Å²) < 4.78 is 5.21. The molecule has 5 heteroatoms. The number of hydrogen-bond donors (Lipinski definition) is 1. The summed E-state index contributed by atoms with van der Waals surface area (Å²) in [4.78, 5) is 19.1. The molecular formula is C11H10N2O2S. The van der Waals surface area contributed by atoms with Crippen LogP contribution in [0.3, 0.4) is 0 Å². The standard InChI is InChI=1S/C11H10N2O2S/c1-6-7(2-3-15-6)10-12-9-5-16-4-8(9)11(14)13-10/h2-3H,4-5H2,1H3,(H,12,13,14). The minimum atomic E-state index is -0.0226. The van der Waals surface area contributed by atoms with Gasteiger partial charge in [0.15, 0.2) is 0 Å². The van der Waals surface area contributed by atoms with Crippen molar-refractivity contribution in [3.63, 3.8) is 0 Å². The molecule has 3 heterocycles. The van der Waals surface area contributed by atoms with Crippen molar-refractivity contribution in [1.82, 2.24) is 9.97 Å². The maximum absolute atomic E-state index is 11.8. The summed E-state index contributed by atoms with van der Waals surface area (Å²) >= 11 is 1.72. The Kier molecular flexibility index (Phi) is 2.14. The average molecular weight is 234 g/mol. The van der Waals surface area contributed by atoms with Crippen molar-refractivity contribution in [2.45, 2.75) is 18.4 Å². The smallest absolute Gasteiger partial charge is 0.255 e. The molecule has 1 N–H and O–H groups in total. The second-order valence-corrected chi connectivity index (χ2v) is 4.71. The number of nitrogens with one attached hydrogen (secondary N) is 1. The Hall–Kier alpha value is -1.49. The first-order chi connectivity index (χ1) is 7.75. The van der Waals surface area contributed by atoms with Crippen molar-refractivity contribution < 1.29 is 4.42 Å². The van der Waals surface area contributed by atoms with Crippen LogP contribution in [0.1, 0.15) is 17.0 Å². The first kappa shape index (κ1) is 9.72. The van der Waals surface area contributed by atoms with E-state index in [-0.39, 0.29) is 5.56 Å². The molecule has 2 aromatic rings. The van der Waals surface area contributed by atoms with Crippen LogP contribution in [0.5, 0.6) is 0 Å². The van der Waals surface area contributed by atoms with Crippen LogP contribution in [0.4, 0.5) is 0 Å².